The number of carbonyl (C=O) groups is 2. The average molecular weight is 380 g/mol. The summed E-state index contributed by atoms with van der Waals surface area (Å²) >= 11 is 1.33. The molecule has 2 heterocycles. The zero-order chi connectivity index (χ0) is 19.1. The van der Waals surface area contributed by atoms with Crippen LogP contribution in [-0.2, 0) is 9.59 Å². The molecule has 7 heteroatoms. The molecule has 0 saturated carbocycles. The molecule has 1 aliphatic heterocycles. The molecule has 1 N–H and O–H groups in total. The van der Waals surface area contributed by atoms with Gasteiger partial charge in [0.05, 0.1) is 22.9 Å². The third kappa shape index (κ3) is 2.67. The number of amides is 1. The summed E-state index contributed by atoms with van der Waals surface area (Å²) in [6, 6.07) is 13.9. The molecule has 1 amide bonds. The summed E-state index contributed by atoms with van der Waals surface area (Å²) in [5.41, 5.74) is 1.41. The first-order valence-corrected chi connectivity index (χ1v) is 9.10. The van der Waals surface area contributed by atoms with Crippen molar-refractivity contribution in [2.45, 2.75) is 13.0 Å². The Labute approximate surface area is 159 Å². The van der Waals surface area contributed by atoms with Gasteiger partial charge in [-0.3, -0.25) is 14.5 Å². The van der Waals surface area contributed by atoms with Crippen molar-refractivity contribution in [3.05, 3.63) is 65.4 Å². The van der Waals surface area contributed by atoms with Crippen molar-refractivity contribution in [2.75, 3.05) is 12.0 Å². The van der Waals surface area contributed by atoms with Crippen molar-refractivity contribution >= 4 is 38.4 Å². The van der Waals surface area contributed by atoms with Crippen molar-refractivity contribution in [1.29, 1.82) is 0 Å². The monoisotopic (exact) mass is 380 g/mol. The van der Waals surface area contributed by atoms with Crippen LogP contribution in [0.25, 0.3) is 10.2 Å². The first-order valence-electron chi connectivity index (χ1n) is 8.29. The van der Waals surface area contributed by atoms with Gasteiger partial charge in [0.1, 0.15) is 11.8 Å². The molecule has 1 aliphatic rings. The number of aliphatic hydroxyl groups excluding tert-OH is 1. The summed E-state index contributed by atoms with van der Waals surface area (Å²) < 4.78 is 6.34. The molecule has 0 unspecified atom stereocenters. The number of anilines is 1. The Morgan fingerprint density at radius 1 is 1.19 bits per heavy atom. The van der Waals surface area contributed by atoms with Gasteiger partial charge in [-0.25, -0.2) is 4.98 Å². The minimum Gasteiger partial charge on any atom is -0.503 e. The number of nitrogens with zero attached hydrogens (tertiary/aromatic N) is 2. The first kappa shape index (κ1) is 17.2. The van der Waals surface area contributed by atoms with Crippen LogP contribution in [0.2, 0.25) is 0 Å². The number of thiazole rings is 1. The summed E-state index contributed by atoms with van der Waals surface area (Å²) in [4.78, 5) is 31.1. The highest BCUT2D eigenvalue weighted by Crippen LogP contribution is 2.45. The zero-order valence-corrected chi connectivity index (χ0v) is 15.5. The lowest BCUT2D eigenvalue weighted by atomic mass is 9.96. The first-order chi connectivity index (χ1) is 13.0. The molecule has 1 aromatic heterocycles. The number of aliphatic hydroxyl groups is 1. The number of fused-ring (bicyclic) bond motifs is 1. The topological polar surface area (TPSA) is 79.7 Å². The van der Waals surface area contributed by atoms with Crippen LogP contribution in [0.1, 0.15) is 18.5 Å². The van der Waals surface area contributed by atoms with Gasteiger partial charge in [0.25, 0.3) is 5.91 Å². The number of hydrogen-bond donors (Lipinski definition) is 1. The number of hydrogen-bond acceptors (Lipinski definition) is 6. The highest BCUT2D eigenvalue weighted by molar-refractivity contribution is 7.22. The van der Waals surface area contributed by atoms with E-state index in [1.54, 1.807) is 24.3 Å². The molecule has 136 valence electrons. The fourth-order valence-corrected chi connectivity index (χ4v) is 4.30. The highest BCUT2D eigenvalue weighted by Gasteiger charge is 2.45. The number of benzene rings is 2. The van der Waals surface area contributed by atoms with E-state index in [4.69, 9.17) is 4.74 Å². The van der Waals surface area contributed by atoms with E-state index in [-0.39, 0.29) is 11.4 Å². The quantitative estimate of drug-likeness (QED) is 0.745. The van der Waals surface area contributed by atoms with Gasteiger partial charge in [0, 0.05) is 5.56 Å². The number of para-hydroxylation sites is 2. The van der Waals surface area contributed by atoms with E-state index >= 15 is 0 Å². The SMILES string of the molecule is COc1ccccc1[C@H]1C(C(C)=O)=C(O)C(=O)N1c1nc2ccccc2s1. The van der Waals surface area contributed by atoms with Crippen LogP contribution in [0.4, 0.5) is 5.13 Å². The Kier molecular flexibility index (Phi) is 4.16. The minimum atomic E-state index is -0.799. The molecule has 2 aromatic carbocycles. The van der Waals surface area contributed by atoms with E-state index in [1.807, 2.05) is 24.3 Å². The fourth-order valence-electron chi connectivity index (χ4n) is 3.31. The van der Waals surface area contributed by atoms with Crippen molar-refractivity contribution in [3.63, 3.8) is 0 Å². The van der Waals surface area contributed by atoms with Crippen LogP contribution in [0.3, 0.4) is 0 Å². The molecule has 6 nitrogen and oxygen atoms in total. The summed E-state index contributed by atoms with van der Waals surface area (Å²) in [5.74, 6) is -1.04. The van der Waals surface area contributed by atoms with Crippen molar-refractivity contribution in [1.82, 2.24) is 4.98 Å². The number of carbonyl (C=O) groups excluding carboxylic acids is 2. The van der Waals surface area contributed by atoms with Gasteiger partial charge < -0.3 is 9.84 Å². The van der Waals surface area contributed by atoms with Crippen LogP contribution in [-0.4, -0.2) is 28.9 Å². The third-order valence-corrected chi connectivity index (χ3v) is 5.55. The maximum atomic E-state index is 12.9. The maximum absolute atomic E-state index is 12.9. The molecule has 0 spiro atoms. The van der Waals surface area contributed by atoms with Gasteiger partial charge in [-0.1, -0.05) is 41.7 Å². The summed E-state index contributed by atoms with van der Waals surface area (Å²) in [5, 5.41) is 10.9. The Balaban J connectivity index is 1.94. The number of ketones is 1. The average Bonchev–Trinajstić information content (AvgIpc) is 3.20. The smallest absolute Gasteiger partial charge is 0.296 e. The molecular weight excluding hydrogens is 364 g/mol. The normalized spacial score (nSPS) is 17.0. The minimum absolute atomic E-state index is 0.0451. The predicted molar refractivity (Wildman–Crippen MR) is 103 cm³/mol. The molecule has 0 aliphatic carbocycles. The molecular formula is C20H16N2O4S. The van der Waals surface area contributed by atoms with E-state index in [9.17, 15) is 14.7 Å². The van der Waals surface area contributed by atoms with Crippen LogP contribution < -0.4 is 9.64 Å². The van der Waals surface area contributed by atoms with E-state index in [0.717, 1.165) is 10.2 Å². The Hall–Kier alpha value is -3.19. The second-order valence-electron chi connectivity index (χ2n) is 6.10. The molecule has 0 fully saturated rings. The molecule has 3 aromatic rings. The number of rotatable bonds is 4. The number of ether oxygens (including phenoxy) is 1. The molecule has 1 atom stereocenters. The Bertz CT molecular complexity index is 1070. The molecule has 4 rings (SSSR count). The van der Waals surface area contributed by atoms with Crippen LogP contribution in [0.15, 0.2) is 59.9 Å². The van der Waals surface area contributed by atoms with Crippen LogP contribution in [0, 0.1) is 0 Å². The molecule has 0 radical (unpaired) electrons. The fraction of sp³-hybridized carbons (Fsp3) is 0.150. The van der Waals surface area contributed by atoms with Gasteiger partial charge in [0.2, 0.25) is 0 Å². The Morgan fingerprint density at radius 2 is 1.89 bits per heavy atom. The van der Waals surface area contributed by atoms with E-state index in [2.05, 4.69) is 4.98 Å². The lowest BCUT2D eigenvalue weighted by Crippen LogP contribution is -2.31. The largest absolute Gasteiger partial charge is 0.503 e. The number of methoxy groups -OCH3 is 1. The van der Waals surface area contributed by atoms with E-state index in [1.165, 1.54) is 30.3 Å². The third-order valence-electron chi connectivity index (χ3n) is 4.51. The van der Waals surface area contributed by atoms with E-state index in [0.29, 0.717) is 16.4 Å². The van der Waals surface area contributed by atoms with E-state index < -0.39 is 17.7 Å². The number of Topliss-reactive ketones (excluding diaryl/α,β-unsaturated/α-hetero) is 1. The second kappa shape index (κ2) is 6.51. The maximum Gasteiger partial charge on any atom is 0.296 e. The summed E-state index contributed by atoms with van der Waals surface area (Å²) in [6.07, 6.45) is 0. The molecule has 0 saturated heterocycles. The van der Waals surface area contributed by atoms with Crippen molar-refractivity contribution < 1.29 is 19.4 Å². The summed E-state index contributed by atoms with van der Waals surface area (Å²) in [6.45, 7) is 1.34. The molecule has 27 heavy (non-hydrogen) atoms. The van der Waals surface area contributed by atoms with Gasteiger partial charge in [-0.15, -0.1) is 0 Å². The predicted octanol–water partition coefficient (Wildman–Crippen LogP) is 3.79. The lowest BCUT2D eigenvalue weighted by Gasteiger charge is -2.25. The van der Waals surface area contributed by atoms with Gasteiger partial charge in [0.15, 0.2) is 16.7 Å². The highest BCUT2D eigenvalue weighted by atomic mass is 32.1. The van der Waals surface area contributed by atoms with Crippen molar-refractivity contribution in [2.24, 2.45) is 0 Å². The standard InChI is InChI=1S/C20H16N2O4S/c1-11(23)16-17(12-7-3-5-9-14(12)26-2)22(19(25)18(16)24)20-21-13-8-4-6-10-15(13)27-20/h3-10,17,24H,1-2H3/t17-/m0/s1. The molecule has 0 bridgehead atoms. The Morgan fingerprint density at radius 3 is 2.59 bits per heavy atom. The van der Waals surface area contributed by atoms with Gasteiger partial charge in [-0.05, 0) is 25.1 Å². The second-order valence-corrected chi connectivity index (χ2v) is 7.11. The number of aromatic nitrogens is 1. The van der Waals surface area contributed by atoms with Gasteiger partial charge in [-0.2, -0.15) is 0 Å². The van der Waals surface area contributed by atoms with Crippen molar-refractivity contribution in [3.8, 4) is 5.75 Å². The van der Waals surface area contributed by atoms with Crippen LogP contribution in [0.5, 0.6) is 5.75 Å². The lowest BCUT2D eigenvalue weighted by molar-refractivity contribution is -0.117. The van der Waals surface area contributed by atoms with Crippen LogP contribution >= 0.6 is 11.3 Å². The zero-order valence-electron chi connectivity index (χ0n) is 14.7. The van der Waals surface area contributed by atoms with Gasteiger partial charge >= 0.3 is 0 Å². The summed E-state index contributed by atoms with van der Waals surface area (Å²) in [7, 11) is 1.52.